The molecule has 0 amide bonds. The van der Waals surface area contributed by atoms with Crippen molar-refractivity contribution in [3.8, 4) is 0 Å². The lowest BCUT2D eigenvalue weighted by atomic mass is 9.96. The SMILES string of the molecule is C[C@H](N)C(=O)C(c1ccccc1)N(C[C]=O)c1ccccc1. The average molecular weight is 295 g/mol. The fourth-order valence-electron chi connectivity index (χ4n) is 2.40. The van der Waals surface area contributed by atoms with Crippen LogP contribution in [0.15, 0.2) is 60.7 Å². The standard InChI is InChI=1S/C18H19N2O2/c1-14(19)18(22)17(15-8-4-2-5-9-15)20(12-13-21)16-10-6-3-7-11-16/h2-11,14,17H,12,19H2,1H3/t14-,17?/m0/s1. The smallest absolute Gasteiger partial charge is 0.219 e. The molecule has 1 unspecified atom stereocenters. The van der Waals surface area contributed by atoms with Gasteiger partial charge in [-0.1, -0.05) is 48.5 Å². The zero-order valence-corrected chi connectivity index (χ0v) is 12.5. The largest absolute Gasteiger partial charge is 0.350 e. The van der Waals surface area contributed by atoms with E-state index in [1.165, 1.54) is 0 Å². The Kier molecular flexibility index (Phi) is 5.44. The van der Waals surface area contributed by atoms with Crippen molar-refractivity contribution in [2.45, 2.75) is 19.0 Å². The van der Waals surface area contributed by atoms with E-state index in [9.17, 15) is 9.59 Å². The minimum absolute atomic E-state index is 0.00202. The van der Waals surface area contributed by atoms with Crippen LogP contribution in [0.2, 0.25) is 0 Å². The zero-order chi connectivity index (χ0) is 15.9. The highest BCUT2D eigenvalue weighted by Gasteiger charge is 2.29. The third-order valence-electron chi connectivity index (χ3n) is 3.47. The fourth-order valence-corrected chi connectivity index (χ4v) is 2.40. The van der Waals surface area contributed by atoms with Crippen LogP contribution in [0, 0.1) is 0 Å². The van der Waals surface area contributed by atoms with Gasteiger partial charge in [0.25, 0.3) is 0 Å². The van der Waals surface area contributed by atoms with Crippen LogP contribution in [0.1, 0.15) is 18.5 Å². The molecule has 0 saturated carbocycles. The van der Waals surface area contributed by atoms with E-state index in [2.05, 4.69) is 0 Å². The first-order valence-electron chi connectivity index (χ1n) is 7.16. The highest BCUT2D eigenvalue weighted by atomic mass is 16.1. The first kappa shape index (κ1) is 15.9. The van der Waals surface area contributed by atoms with E-state index < -0.39 is 12.1 Å². The lowest BCUT2D eigenvalue weighted by Crippen LogP contribution is -2.42. The number of hydrogen-bond acceptors (Lipinski definition) is 4. The summed E-state index contributed by atoms with van der Waals surface area (Å²) in [6.07, 6.45) is 1.89. The molecule has 0 aromatic heterocycles. The molecule has 113 valence electrons. The van der Waals surface area contributed by atoms with Gasteiger partial charge in [-0.2, -0.15) is 0 Å². The van der Waals surface area contributed by atoms with Crippen LogP contribution in [0.3, 0.4) is 0 Å². The summed E-state index contributed by atoms with van der Waals surface area (Å²) in [5.74, 6) is -0.134. The van der Waals surface area contributed by atoms with Crippen LogP contribution < -0.4 is 10.6 Å². The van der Waals surface area contributed by atoms with Crippen LogP contribution in [0.5, 0.6) is 0 Å². The molecular formula is C18H19N2O2. The number of benzene rings is 2. The molecule has 0 spiro atoms. The van der Waals surface area contributed by atoms with Gasteiger partial charge in [0.15, 0.2) is 5.78 Å². The minimum Gasteiger partial charge on any atom is -0.350 e. The molecule has 0 aliphatic rings. The van der Waals surface area contributed by atoms with Crippen molar-refractivity contribution in [3.05, 3.63) is 66.2 Å². The summed E-state index contributed by atoms with van der Waals surface area (Å²) in [7, 11) is 0. The van der Waals surface area contributed by atoms with Gasteiger partial charge in [0.05, 0.1) is 12.6 Å². The van der Waals surface area contributed by atoms with Crippen molar-refractivity contribution in [3.63, 3.8) is 0 Å². The van der Waals surface area contributed by atoms with E-state index in [1.54, 1.807) is 11.8 Å². The van der Waals surface area contributed by atoms with Crippen molar-refractivity contribution in [1.29, 1.82) is 0 Å². The summed E-state index contributed by atoms with van der Waals surface area (Å²) < 4.78 is 0. The normalized spacial score (nSPS) is 13.2. The molecule has 2 aromatic rings. The molecule has 4 nitrogen and oxygen atoms in total. The zero-order valence-electron chi connectivity index (χ0n) is 12.5. The monoisotopic (exact) mass is 295 g/mol. The van der Waals surface area contributed by atoms with Crippen molar-refractivity contribution >= 4 is 17.8 Å². The number of ketones is 1. The summed E-state index contributed by atoms with van der Waals surface area (Å²) in [4.78, 5) is 25.4. The number of hydrogen-bond donors (Lipinski definition) is 1. The Labute approximate surface area is 130 Å². The average Bonchev–Trinajstić information content (AvgIpc) is 2.56. The van der Waals surface area contributed by atoms with Crippen LogP contribution in [0.4, 0.5) is 5.69 Å². The second kappa shape index (κ2) is 7.52. The van der Waals surface area contributed by atoms with Gasteiger partial charge in [-0.3, -0.25) is 9.59 Å². The van der Waals surface area contributed by atoms with Gasteiger partial charge >= 0.3 is 0 Å². The Morgan fingerprint density at radius 1 is 1.09 bits per heavy atom. The quantitative estimate of drug-likeness (QED) is 0.851. The molecule has 2 N–H and O–H groups in total. The van der Waals surface area contributed by atoms with Crippen LogP contribution in [-0.2, 0) is 9.59 Å². The van der Waals surface area contributed by atoms with Gasteiger partial charge in [-0.15, -0.1) is 0 Å². The molecule has 22 heavy (non-hydrogen) atoms. The molecule has 2 atom stereocenters. The summed E-state index contributed by atoms with van der Waals surface area (Å²) >= 11 is 0. The molecule has 4 heteroatoms. The molecule has 2 rings (SSSR count). The maximum absolute atomic E-state index is 12.6. The Bertz CT molecular complexity index is 611. The van der Waals surface area contributed by atoms with E-state index in [1.807, 2.05) is 66.9 Å². The van der Waals surface area contributed by atoms with E-state index in [0.29, 0.717) is 0 Å². The molecule has 0 aliphatic carbocycles. The third-order valence-corrected chi connectivity index (χ3v) is 3.47. The number of rotatable bonds is 7. The maximum Gasteiger partial charge on any atom is 0.219 e. The topological polar surface area (TPSA) is 63.4 Å². The molecule has 2 aromatic carbocycles. The third kappa shape index (κ3) is 3.59. The first-order valence-corrected chi connectivity index (χ1v) is 7.16. The van der Waals surface area contributed by atoms with Crippen LogP contribution in [-0.4, -0.2) is 24.7 Å². The van der Waals surface area contributed by atoms with Crippen molar-refractivity contribution in [2.24, 2.45) is 5.73 Å². The van der Waals surface area contributed by atoms with Crippen molar-refractivity contribution in [1.82, 2.24) is 0 Å². The molecule has 0 heterocycles. The van der Waals surface area contributed by atoms with Crippen LogP contribution >= 0.6 is 0 Å². The van der Waals surface area contributed by atoms with Gasteiger partial charge < -0.3 is 10.6 Å². The fraction of sp³-hybridized carbons (Fsp3) is 0.222. The molecule has 0 bridgehead atoms. The second-order valence-electron chi connectivity index (χ2n) is 5.11. The predicted molar refractivity (Wildman–Crippen MR) is 87.3 cm³/mol. The van der Waals surface area contributed by atoms with Crippen molar-refractivity contribution in [2.75, 3.05) is 11.4 Å². The van der Waals surface area contributed by atoms with E-state index in [4.69, 9.17) is 5.73 Å². The molecular weight excluding hydrogens is 276 g/mol. The Balaban J connectivity index is 2.49. The predicted octanol–water partition coefficient (Wildman–Crippen LogP) is 2.26. The molecule has 0 saturated heterocycles. The van der Waals surface area contributed by atoms with Gasteiger partial charge in [0.1, 0.15) is 6.04 Å². The molecule has 1 radical (unpaired) electrons. The van der Waals surface area contributed by atoms with Gasteiger partial charge in [-0.25, -0.2) is 0 Å². The second-order valence-corrected chi connectivity index (χ2v) is 5.11. The lowest BCUT2D eigenvalue weighted by molar-refractivity contribution is -0.121. The Morgan fingerprint density at radius 2 is 1.64 bits per heavy atom. The lowest BCUT2D eigenvalue weighted by Gasteiger charge is -2.32. The van der Waals surface area contributed by atoms with Crippen LogP contribution in [0.25, 0.3) is 0 Å². The summed E-state index contributed by atoms with van der Waals surface area (Å²) in [5, 5.41) is 0. The maximum atomic E-state index is 12.6. The first-order chi connectivity index (χ1) is 10.6. The summed E-state index contributed by atoms with van der Waals surface area (Å²) in [5.41, 5.74) is 7.41. The van der Waals surface area contributed by atoms with E-state index >= 15 is 0 Å². The number of carbonyl (C=O) groups excluding carboxylic acids is 2. The number of para-hydroxylation sites is 1. The summed E-state index contributed by atoms with van der Waals surface area (Å²) in [6, 6.07) is 17.5. The van der Waals surface area contributed by atoms with Crippen molar-refractivity contribution < 1.29 is 9.59 Å². The Morgan fingerprint density at radius 3 is 2.14 bits per heavy atom. The summed E-state index contributed by atoms with van der Waals surface area (Å²) in [6.45, 7) is 1.66. The van der Waals surface area contributed by atoms with Gasteiger partial charge in [0, 0.05) is 5.69 Å². The van der Waals surface area contributed by atoms with E-state index in [0.717, 1.165) is 11.3 Å². The highest BCUT2D eigenvalue weighted by Crippen LogP contribution is 2.28. The number of nitrogens with two attached hydrogens (primary N) is 1. The number of carbonyl (C=O) groups is 1. The minimum atomic E-state index is -0.622. The number of nitrogens with zero attached hydrogens (tertiary/aromatic N) is 1. The van der Waals surface area contributed by atoms with E-state index in [-0.39, 0.29) is 12.3 Å². The highest BCUT2D eigenvalue weighted by molar-refractivity contribution is 5.93. The van der Waals surface area contributed by atoms with Gasteiger partial charge in [0.2, 0.25) is 6.29 Å². The molecule has 0 aliphatic heterocycles. The Hall–Kier alpha value is -2.46. The number of anilines is 1. The molecule has 0 fully saturated rings. The van der Waals surface area contributed by atoms with Gasteiger partial charge in [-0.05, 0) is 24.6 Å². The number of Topliss-reactive ketones (excluding diaryl/α,β-unsaturated/α-hetero) is 1.